The van der Waals surface area contributed by atoms with Crippen LogP contribution in [0.2, 0.25) is 0 Å². The molecule has 0 spiro atoms. The fourth-order valence-electron chi connectivity index (χ4n) is 2.00. The Balaban J connectivity index is 1.80. The Kier molecular flexibility index (Phi) is 4.01. The number of hydrogen-bond donors (Lipinski definition) is 0. The molecule has 0 saturated carbocycles. The van der Waals surface area contributed by atoms with E-state index in [0.717, 1.165) is 16.0 Å². The molecule has 0 saturated heterocycles. The molecule has 3 aromatic rings. The monoisotopic (exact) mass is 297 g/mol. The van der Waals surface area contributed by atoms with Gasteiger partial charge in [0.1, 0.15) is 0 Å². The van der Waals surface area contributed by atoms with Gasteiger partial charge in [0, 0.05) is 22.9 Å². The van der Waals surface area contributed by atoms with Crippen molar-refractivity contribution in [3.8, 4) is 11.4 Å². The molecule has 1 atom stereocenters. The van der Waals surface area contributed by atoms with Gasteiger partial charge in [-0.1, -0.05) is 29.4 Å². The average Bonchev–Trinajstić information content (AvgIpc) is 2.98. The smallest absolute Gasteiger partial charge is 0.240 e. The van der Waals surface area contributed by atoms with Crippen molar-refractivity contribution in [1.29, 1.82) is 0 Å². The highest BCUT2D eigenvalue weighted by Gasteiger charge is 2.17. The standard InChI is InChI=1S/C16H15N3OS/c1-11-5-3-4-6-14(11)15-18-16(20-19-15)12(2)21-13-7-9-17-10-8-13/h3-10,12H,1-2H3/t12-/m1/s1. The summed E-state index contributed by atoms with van der Waals surface area (Å²) in [5.74, 6) is 1.28. The van der Waals surface area contributed by atoms with Crippen LogP contribution in [0.4, 0.5) is 0 Å². The Morgan fingerprint density at radius 2 is 1.86 bits per heavy atom. The van der Waals surface area contributed by atoms with E-state index in [4.69, 9.17) is 4.52 Å². The quantitative estimate of drug-likeness (QED) is 0.672. The molecule has 0 radical (unpaired) electrons. The number of aromatic nitrogens is 3. The predicted octanol–water partition coefficient (Wildman–Crippen LogP) is 4.29. The highest BCUT2D eigenvalue weighted by atomic mass is 32.2. The topological polar surface area (TPSA) is 51.8 Å². The van der Waals surface area contributed by atoms with Gasteiger partial charge in [0.2, 0.25) is 11.7 Å². The lowest BCUT2D eigenvalue weighted by Gasteiger charge is -2.05. The summed E-state index contributed by atoms with van der Waals surface area (Å²) in [7, 11) is 0. The van der Waals surface area contributed by atoms with Gasteiger partial charge in [-0.3, -0.25) is 4.98 Å². The van der Waals surface area contributed by atoms with Gasteiger partial charge in [-0.15, -0.1) is 11.8 Å². The van der Waals surface area contributed by atoms with Crippen LogP contribution in [-0.4, -0.2) is 15.1 Å². The molecule has 0 unspecified atom stereocenters. The van der Waals surface area contributed by atoms with E-state index in [1.54, 1.807) is 24.2 Å². The highest BCUT2D eigenvalue weighted by molar-refractivity contribution is 7.99. The predicted molar refractivity (Wildman–Crippen MR) is 83.0 cm³/mol. The zero-order valence-electron chi connectivity index (χ0n) is 11.9. The van der Waals surface area contributed by atoms with Crippen molar-refractivity contribution in [1.82, 2.24) is 15.1 Å². The summed E-state index contributed by atoms with van der Waals surface area (Å²) in [5, 5.41) is 4.19. The molecule has 21 heavy (non-hydrogen) atoms. The number of pyridine rings is 1. The molecule has 2 aromatic heterocycles. The summed E-state index contributed by atoms with van der Waals surface area (Å²) in [6, 6.07) is 12.0. The van der Waals surface area contributed by atoms with Crippen molar-refractivity contribution in [3.63, 3.8) is 0 Å². The first kappa shape index (κ1) is 13.8. The lowest BCUT2D eigenvalue weighted by molar-refractivity contribution is 0.381. The van der Waals surface area contributed by atoms with E-state index in [1.807, 2.05) is 43.3 Å². The van der Waals surface area contributed by atoms with Gasteiger partial charge in [0.25, 0.3) is 0 Å². The van der Waals surface area contributed by atoms with Gasteiger partial charge >= 0.3 is 0 Å². The number of aryl methyl sites for hydroxylation is 1. The zero-order valence-corrected chi connectivity index (χ0v) is 12.7. The molecule has 0 aliphatic carbocycles. The van der Waals surface area contributed by atoms with Crippen molar-refractivity contribution < 1.29 is 4.52 Å². The second-order valence-corrected chi connectivity index (χ2v) is 6.13. The van der Waals surface area contributed by atoms with Crippen molar-refractivity contribution >= 4 is 11.8 Å². The van der Waals surface area contributed by atoms with E-state index in [1.165, 1.54) is 0 Å². The summed E-state index contributed by atoms with van der Waals surface area (Å²) in [5.41, 5.74) is 2.15. The third-order valence-electron chi connectivity index (χ3n) is 3.14. The first-order chi connectivity index (χ1) is 10.2. The van der Waals surface area contributed by atoms with Gasteiger partial charge in [0.05, 0.1) is 5.25 Å². The molecule has 1 aromatic carbocycles. The van der Waals surface area contributed by atoms with E-state index >= 15 is 0 Å². The van der Waals surface area contributed by atoms with Crippen molar-refractivity contribution in [2.24, 2.45) is 0 Å². The minimum Gasteiger partial charge on any atom is -0.338 e. The Hall–Kier alpha value is -2.14. The maximum Gasteiger partial charge on any atom is 0.240 e. The molecule has 0 amide bonds. The zero-order chi connectivity index (χ0) is 14.7. The van der Waals surface area contributed by atoms with Gasteiger partial charge in [0.15, 0.2) is 0 Å². The molecule has 2 heterocycles. The van der Waals surface area contributed by atoms with Crippen LogP contribution in [0.15, 0.2) is 58.2 Å². The van der Waals surface area contributed by atoms with Crippen LogP contribution < -0.4 is 0 Å². The Morgan fingerprint density at radius 3 is 2.62 bits per heavy atom. The molecule has 0 N–H and O–H groups in total. The summed E-state index contributed by atoms with van der Waals surface area (Å²) < 4.78 is 5.41. The second kappa shape index (κ2) is 6.10. The van der Waals surface area contributed by atoms with E-state index < -0.39 is 0 Å². The first-order valence-electron chi connectivity index (χ1n) is 6.70. The molecule has 3 rings (SSSR count). The number of thioether (sulfide) groups is 1. The van der Waals surface area contributed by atoms with Crippen LogP contribution in [-0.2, 0) is 0 Å². The van der Waals surface area contributed by atoms with Gasteiger partial charge in [-0.05, 0) is 31.5 Å². The molecular formula is C16H15N3OS. The van der Waals surface area contributed by atoms with E-state index in [0.29, 0.717) is 11.7 Å². The average molecular weight is 297 g/mol. The third-order valence-corrected chi connectivity index (χ3v) is 4.24. The maximum atomic E-state index is 5.41. The third kappa shape index (κ3) is 3.13. The van der Waals surface area contributed by atoms with Gasteiger partial charge in [-0.2, -0.15) is 4.98 Å². The molecule has 0 aliphatic rings. The fraction of sp³-hybridized carbons (Fsp3) is 0.188. The largest absolute Gasteiger partial charge is 0.338 e. The van der Waals surface area contributed by atoms with Crippen molar-refractivity contribution in [2.75, 3.05) is 0 Å². The Morgan fingerprint density at radius 1 is 1.10 bits per heavy atom. The lowest BCUT2D eigenvalue weighted by Crippen LogP contribution is -1.90. The van der Waals surface area contributed by atoms with Crippen LogP contribution in [0.5, 0.6) is 0 Å². The summed E-state index contributed by atoms with van der Waals surface area (Å²) in [4.78, 5) is 9.67. The number of benzene rings is 1. The van der Waals surface area contributed by atoms with E-state index in [9.17, 15) is 0 Å². The maximum absolute atomic E-state index is 5.41. The molecule has 4 nitrogen and oxygen atoms in total. The molecule has 106 valence electrons. The molecular weight excluding hydrogens is 282 g/mol. The van der Waals surface area contributed by atoms with Crippen LogP contribution in [0.25, 0.3) is 11.4 Å². The summed E-state index contributed by atoms with van der Waals surface area (Å²) in [6.07, 6.45) is 3.56. The number of rotatable bonds is 4. The van der Waals surface area contributed by atoms with E-state index in [-0.39, 0.29) is 5.25 Å². The minimum absolute atomic E-state index is 0.0951. The number of hydrogen-bond acceptors (Lipinski definition) is 5. The molecule has 0 bridgehead atoms. The molecule has 0 aliphatic heterocycles. The van der Waals surface area contributed by atoms with Crippen molar-refractivity contribution in [3.05, 3.63) is 60.2 Å². The normalized spacial score (nSPS) is 12.3. The Labute approximate surface area is 127 Å². The van der Waals surface area contributed by atoms with Crippen LogP contribution in [0, 0.1) is 6.92 Å². The number of nitrogens with zero attached hydrogens (tertiary/aromatic N) is 3. The lowest BCUT2D eigenvalue weighted by atomic mass is 10.1. The minimum atomic E-state index is 0.0951. The molecule has 0 fully saturated rings. The van der Waals surface area contributed by atoms with E-state index in [2.05, 4.69) is 22.0 Å². The first-order valence-corrected chi connectivity index (χ1v) is 7.58. The van der Waals surface area contributed by atoms with Crippen LogP contribution >= 0.6 is 11.8 Å². The van der Waals surface area contributed by atoms with Crippen LogP contribution in [0.3, 0.4) is 0 Å². The van der Waals surface area contributed by atoms with Gasteiger partial charge in [-0.25, -0.2) is 0 Å². The summed E-state index contributed by atoms with van der Waals surface area (Å²) >= 11 is 1.67. The Bertz CT molecular complexity index is 727. The highest BCUT2D eigenvalue weighted by Crippen LogP contribution is 2.34. The van der Waals surface area contributed by atoms with Crippen LogP contribution in [0.1, 0.15) is 23.6 Å². The SMILES string of the molecule is Cc1ccccc1-c1noc([C@@H](C)Sc2ccncc2)n1. The fourth-order valence-corrected chi connectivity index (χ4v) is 2.89. The second-order valence-electron chi connectivity index (χ2n) is 4.71. The molecule has 5 heteroatoms. The summed E-state index contributed by atoms with van der Waals surface area (Å²) in [6.45, 7) is 4.10. The van der Waals surface area contributed by atoms with Gasteiger partial charge < -0.3 is 4.52 Å². The van der Waals surface area contributed by atoms with Crippen molar-refractivity contribution in [2.45, 2.75) is 24.0 Å².